The van der Waals surface area contributed by atoms with Crippen molar-refractivity contribution in [3.05, 3.63) is 71.3 Å². The molecule has 0 saturated carbocycles. The third kappa shape index (κ3) is 3.08. The van der Waals surface area contributed by atoms with Crippen LogP contribution in [0.4, 0.5) is 4.79 Å². The summed E-state index contributed by atoms with van der Waals surface area (Å²) in [5, 5.41) is 0. The van der Waals surface area contributed by atoms with Crippen molar-refractivity contribution >= 4 is 17.7 Å². The fourth-order valence-electron chi connectivity index (χ4n) is 2.86. The number of carbonyl (C=O) groups is 3. The molecule has 3 rings (SSSR count). The molecule has 0 spiro atoms. The van der Waals surface area contributed by atoms with Gasteiger partial charge in [-0.3, -0.25) is 9.59 Å². The predicted molar refractivity (Wildman–Crippen MR) is 91.6 cm³/mol. The van der Waals surface area contributed by atoms with Gasteiger partial charge in [0.2, 0.25) is 0 Å². The zero-order valence-corrected chi connectivity index (χ0v) is 13.7. The molecule has 0 radical (unpaired) electrons. The maximum absolute atomic E-state index is 12.7. The van der Waals surface area contributed by atoms with E-state index >= 15 is 0 Å². The Kier molecular flexibility index (Phi) is 4.48. The first-order chi connectivity index (χ1) is 12.0. The normalized spacial score (nSPS) is 11.5. The molecule has 0 bridgehead atoms. The van der Waals surface area contributed by atoms with E-state index in [-0.39, 0.29) is 24.8 Å². The highest BCUT2D eigenvalue weighted by molar-refractivity contribution is 6.23. The third-order valence-corrected chi connectivity index (χ3v) is 3.98. The molecule has 0 N–H and O–H groups in total. The smallest absolute Gasteiger partial charge is 0.430 e. The largest absolute Gasteiger partial charge is 0.508 e. The monoisotopic (exact) mass is 336 g/mol. The molecule has 5 nitrogen and oxygen atoms in total. The summed E-state index contributed by atoms with van der Waals surface area (Å²) in [5.41, 5.74) is 3.45. The van der Waals surface area contributed by atoms with E-state index in [1.807, 2.05) is 12.1 Å². The number of fused-ring (bicyclic) bond motifs is 3. The van der Waals surface area contributed by atoms with Crippen LogP contribution in [0, 0.1) is 0 Å². The second-order valence-corrected chi connectivity index (χ2v) is 5.63. The van der Waals surface area contributed by atoms with Crippen LogP contribution in [-0.4, -0.2) is 24.3 Å². The molecule has 0 fully saturated rings. The van der Waals surface area contributed by atoms with Crippen LogP contribution >= 0.6 is 0 Å². The van der Waals surface area contributed by atoms with Crippen LogP contribution in [0.15, 0.2) is 49.1 Å². The van der Waals surface area contributed by atoms with E-state index in [9.17, 15) is 14.4 Å². The maximum Gasteiger partial charge on any atom is 0.508 e. The maximum atomic E-state index is 12.7. The molecule has 25 heavy (non-hydrogen) atoms. The Morgan fingerprint density at radius 3 is 2.48 bits per heavy atom. The van der Waals surface area contributed by atoms with Crippen LogP contribution in [0.2, 0.25) is 0 Å². The van der Waals surface area contributed by atoms with Gasteiger partial charge in [0.05, 0.1) is 0 Å². The van der Waals surface area contributed by atoms with Crippen LogP contribution in [0.1, 0.15) is 38.8 Å². The lowest BCUT2D eigenvalue weighted by Crippen LogP contribution is -2.10. The lowest BCUT2D eigenvalue weighted by molar-refractivity contribution is 0.0573. The van der Waals surface area contributed by atoms with E-state index in [2.05, 4.69) is 6.58 Å². The van der Waals surface area contributed by atoms with E-state index in [1.165, 1.54) is 13.0 Å². The van der Waals surface area contributed by atoms with Gasteiger partial charge in [0, 0.05) is 22.3 Å². The predicted octanol–water partition coefficient (Wildman–Crippen LogP) is 3.94. The lowest BCUT2D eigenvalue weighted by Gasteiger charge is -2.11. The molecular weight excluding hydrogens is 320 g/mol. The number of carbonyl (C=O) groups excluding carboxylic acids is 3. The first-order valence-corrected chi connectivity index (χ1v) is 7.75. The number of rotatable bonds is 5. The molecule has 0 aliphatic heterocycles. The van der Waals surface area contributed by atoms with Crippen molar-refractivity contribution in [2.24, 2.45) is 0 Å². The van der Waals surface area contributed by atoms with Crippen LogP contribution in [0.3, 0.4) is 0 Å². The van der Waals surface area contributed by atoms with Crippen molar-refractivity contribution in [2.75, 3.05) is 6.61 Å². The highest BCUT2D eigenvalue weighted by Crippen LogP contribution is 2.39. The van der Waals surface area contributed by atoms with Gasteiger partial charge in [0.1, 0.15) is 13.2 Å². The van der Waals surface area contributed by atoms with Gasteiger partial charge >= 0.3 is 6.16 Å². The molecule has 1 aliphatic carbocycles. The molecule has 0 aromatic heterocycles. The average Bonchev–Trinajstić information content (AvgIpc) is 2.91. The lowest BCUT2D eigenvalue weighted by atomic mass is 9.96. The minimum absolute atomic E-state index is 0.0365. The summed E-state index contributed by atoms with van der Waals surface area (Å²) in [5.74, 6) is -0.270. The summed E-state index contributed by atoms with van der Waals surface area (Å²) < 4.78 is 9.83. The third-order valence-electron chi connectivity index (χ3n) is 3.98. The number of hydrogen-bond acceptors (Lipinski definition) is 5. The van der Waals surface area contributed by atoms with Gasteiger partial charge in [-0.25, -0.2) is 4.79 Å². The molecule has 0 atom stereocenters. The summed E-state index contributed by atoms with van der Waals surface area (Å²) in [4.78, 5) is 36.1. The number of ketones is 2. The average molecular weight is 336 g/mol. The summed E-state index contributed by atoms with van der Waals surface area (Å²) in [6, 6.07) is 10.5. The van der Waals surface area contributed by atoms with Crippen LogP contribution in [-0.2, 0) is 16.1 Å². The topological polar surface area (TPSA) is 69.7 Å². The van der Waals surface area contributed by atoms with Crippen molar-refractivity contribution in [2.45, 2.75) is 13.5 Å². The highest BCUT2D eigenvalue weighted by Gasteiger charge is 2.30. The fraction of sp³-hybridized carbons (Fsp3) is 0.150. The highest BCUT2D eigenvalue weighted by atomic mass is 16.7. The summed E-state index contributed by atoms with van der Waals surface area (Å²) in [6.45, 7) is 4.78. The minimum Gasteiger partial charge on any atom is -0.430 e. The van der Waals surface area contributed by atoms with E-state index < -0.39 is 6.16 Å². The molecule has 1 aliphatic rings. The molecule has 0 saturated heterocycles. The number of hydrogen-bond donors (Lipinski definition) is 0. The molecule has 126 valence electrons. The molecule has 2 aromatic rings. The van der Waals surface area contributed by atoms with Crippen molar-refractivity contribution in [1.82, 2.24) is 0 Å². The minimum atomic E-state index is -0.857. The number of ether oxygens (including phenoxy) is 2. The Hall–Kier alpha value is -3.21. The fourth-order valence-corrected chi connectivity index (χ4v) is 2.86. The van der Waals surface area contributed by atoms with Gasteiger partial charge in [0.25, 0.3) is 0 Å². The standard InChI is InChI=1S/C20H16O5/c1-3-8-24-20(23)25-11-14-9-13(12(2)21)10-17-15-6-4-5-7-16(15)19(22)18(14)17/h3-7,9-10H,1,8,11H2,2H3. The Bertz CT molecular complexity index is 895. The summed E-state index contributed by atoms with van der Waals surface area (Å²) in [7, 11) is 0. The van der Waals surface area contributed by atoms with E-state index in [0.29, 0.717) is 27.8 Å². The SMILES string of the molecule is C=CCOC(=O)OCc1cc(C(C)=O)cc2c1C(=O)c1ccccc1-2. The van der Waals surface area contributed by atoms with Crippen LogP contribution in [0.25, 0.3) is 11.1 Å². The Morgan fingerprint density at radius 2 is 1.80 bits per heavy atom. The number of Topliss-reactive ketones (excluding diaryl/α,β-unsaturated/α-hetero) is 1. The second-order valence-electron chi connectivity index (χ2n) is 5.63. The molecular formula is C20H16O5. The Morgan fingerprint density at radius 1 is 1.08 bits per heavy atom. The van der Waals surface area contributed by atoms with E-state index in [4.69, 9.17) is 9.47 Å². The zero-order chi connectivity index (χ0) is 18.0. The summed E-state index contributed by atoms with van der Waals surface area (Å²) >= 11 is 0. The molecule has 0 heterocycles. The molecule has 0 amide bonds. The van der Waals surface area contributed by atoms with E-state index in [1.54, 1.807) is 24.3 Å². The van der Waals surface area contributed by atoms with Gasteiger partial charge in [-0.2, -0.15) is 0 Å². The summed E-state index contributed by atoms with van der Waals surface area (Å²) in [6.07, 6.45) is 0.569. The molecule has 0 unspecified atom stereocenters. The van der Waals surface area contributed by atoms with Gasteiger partial charge in [-0.05, 0) is 30.2 Å². The van der Waals surface area contributed by atoms with Crippen molar-refractivity contribution < 1.29 is 23.9 Å². The van der Waals surface area contributed by atoms with Gasteiger partial charge in [-0.15, -0.1) is 0 Å². The zero-order valence-electron chi connectivity index (χ0n) is 13.7. The Balaban J connectivity index is 2.01. The number of benzene rings is 2. The quantitative estimate of drug-likeness (QED) is 0.401. The Labute approximate surface area is 144 Å². The van der Waals surface area contributed by atoms with Crippen molar-refractivity contribution in [3.63, 3.8) is 0 Å². The van der Waals surface area contributed by atoms with Crippen LogP contribution < -0.4 is 0 Å². The van der Waals surface area contributed by atoms with E-state index in [0.717, 1.165) is 5.56 Å². The second kappa shape index (κ2) is 6.73. The first-order valence-electron chi connectivity index (χ1n) is 7.75. The first kappa shape index (κ1) is 16.6. The molecule has 2 aromatic carbocycles. The van der Waals surface area contributed by atoms with Crippen molar-refractivity contribution in [3.8, 4) is 11.1 Å². The van der Waals surface area contributed by atoms with Crippen molar-refractivity contribution in [1.29, 1.82) is 0 Å². The van der Waals surface area contributed by atoms with Gasteiger partial charge in [-0.1, -0.05) is 36.9 Å². The van der Waals surface area contributed by atoms with Crippen LogP contribution in [0.5, 0.6) is 0 Å². The molecule has 5 heteroatoms. The van der Waals surface area contributed by atoms with Gasteiger partial charge < -0.3 is 9.47 Å². The van der Waals surface area contributed by atoms with Gasteiger partial charge in [0.15, 0.2) is 11.6 Å².